The zero-order chi connectivity index (χ0) is 5.82. The first-order valence-corrected chi connectivity index (χ1v) is 2.50. The molecule has 0 fully saturated rings. The van der Waals surface area contributed by atoms with Gasteiger partial charge < -0.3 is 4.57 Å². The van der Waals surface area contributed by atoms with Crippen LogP contribution in [0.3, 0.4) is 0 Å². The van der Waals surface area contributed by atoms with Gasteiger partial charge in [0, 0.05) is 18.9 Å². The second-order valence-electron chi connectivity index (χ2n) is 1.55. The molecular formula is C6H12N2Sn. The van der Waals surface area contributed by atoms with E-state index in [2.05, 4.69) is 11.6 Å². The van der Waals surface area contributed by atoms with Crippen LogP contribution in [0.2, 0.25) is 0 Å². The molecule has 0 saturated carbocycles. The molecule has 0 radical (unpaired) electrons. The van der Waals surface area contributed by atoms with Crippen LogP contribution >= 0.6 is 0 Å². The third-order valence-electron chi connectivity index (χ3n) is 0.899. The number of aromatic nitrogens is 2. The number of allylic oxidation sites excluding steroid dienone is 1. The zero-order valence-corrected chi connectivity index (χ0v) is 4.62. The summed E-state index contributed by atoms with van der Waals surface area (Å²) in [6, 6.07) is 0. The quantitative estimate of drug-likeness (QED) is 0.501. The number of nitrogens with zero attached hydrogens (tertiary/aromatic N) is 2. The number of imidazole rings is 1. The molecule has 0 N–H and O–H groups in total. The second-order valence-corrected chi connectivity index (χ2v) is 1.55. The number of hydrogen-bond acceptors (Lipinski definition) is 1. The van der Waals surface area contributed by atoms with Gasteiger partial charge in [-0.05, 0) is 0 Å². The van der Waals surface area contributed by atoms with Gasteiger partial charge in [-0.25, -0.2) is 4.98 Å². The Bertz CT molecular complexity index is 158. The van der Waals surface area contributed by atoms with E-state index in [1.54, 1.807) is 12.5 Å². The van der Waals surface area contributed by atoms with Crippen molar-refractivity contribution in [2.45, 2.75) is 6.54 Å². The Morgan fingerprint density at radius 2 is 2.44 bits per heavy atom. The fourth-order valence-corrected chi connectivity index (χ4v) is 0.544. The first-order chi connectivity index (χ1) is 3.93. The Hall–Kier alpha value is -0.251. The van der Waals surface area contributed by atoms with Crippen molar-refractivity contribution >= 4 is 23.9 Å². The third-order valence-corrected chi connectivity index (χ3v) is 0.899. The van der Waals surface area contributed by atoms with E-state index in [1.807, 2.05) is 16.8 Å². The van der Waals surface area contributed by atoms with Gasteiger partial charge >= 0.3 is 23.9 Å². The van der Waals surface area contributed by atoms with Crippen molar-refractivity contribution in [2.75, 3.05) is 0 Å². The molecule has 0 atom stereocenters. The molecule has 0 bridgehead atoms. The summed E-state index contributed by atoms with van der Waals surface area (Å²) >= 11 is 0. The van der Waals surface area contributed by atoms with E-state index >= 15 is 0 Å². The van der Waals surface area contributed by atoms with Crippen LogP contribution in [0.25, 0.3) is 0 Å². The molecule has 50 valence electrons. The maximum absolute atomic E-state index is 3.86. The summed E-state index contributed by atoms with van der Waals surface area (Å²) in [5, 5.41) is 0. The molecule has 1 heterocycles. The van der Waals surface area contributed by atoms with Crippen LogP contribution in [0.15, 0.2) is 31.4 Å². The molecule has 1 aromatic rings. The van der Waals surface area contributed by atoms with E-state index in [9.17, 15) is 0 Å². The maximum atomic E-state index is 3.86. The zero-order valence-electron chi connectivity index (χ0n) is 4.62. The second kappa shape index (κ2) is 4.61. The average molecular weight is 231 g/mol. The van der Waals surface area contributed by atoms with E-state index in [0.29, 0.717) is 0 Å². The van der Waals surface area contributed by atoms with Crippen LogP contribution in [0.5, 0.6) is 0 Å². The SMILES string of the molecule is C=CCn1ccnc1.[SnH4]. The molecule has 0 aromatic carbocycles. The summed E-state index contributed by atoms with van der Waals surface area (Å²) in [6.07, 6.45) is 7.26. The van der Waals surface area contributed by atoms with Crippen molar-refractivity contribution in [1.29, 1.82) is 0 Å². The standard InChI is InChI=1S/C6H8N2.Sn.4H/c1-2-4-8-5-3-7-6-8;;;;;/h2-3,5-6H,1,4H2;;;;;. The van der Waals surface area contributed by atoms with Crippen LogP contribution in [0.4, 0.5) is 0 Å². The fourth-order valence-electron chi connectivity index (χ4n) is 0.544. The van der Waals surface area contributed by atoms with Gasteiger partial charge in [0.25, 0.3) is 0 Å². The van der Waals surface area contributed by atoms with Gasteiger partial charge in [-0.1, -0.05) is 6.08 Å². The van der Waals surface area contributed by atoms with Crippen molar-refractivity contribution in [3.63, 3.8) is 0 Å². The fraction of sp³-hybridized carbons (Fsp3) is 0.167. The molecular weight excluding hydrogens is 219 g/mol. The van der Waals surface area contributed by atoms with Gasteiger partial charge in [0.05, 0.1) is 6.33 Å². The van der Waals surface area contributed by atoms with E-state index in [4.69, 9.17) is 0 Å². The van der Waals surface area contributed by atoms with Crippen LogP contribution in [0, 0.1) is 0 Å². The molecule has 0 saturated heterocycles. The van der Waals surface area contributed by atoms with Crippen LogP contribution < -0.4 is 0 Å². The molecule has 1 rings (SSSR count). The van der Waals surface area contributed by atoms with Crippen LogP contribution in [-0.2, 0) is 6.54 Å². The van der Waals surface area contributed by atoms with Crippen molar-refractivity contribution in [3.05, 3.63) is 31.4 Å². The van der Waals surface area contributed by atoms with E-state index in [0.717, 1.165) is 6.54 Å². The van der Waals surface area contributed by atoms with Gasteiger partial charge in [-0.2, -0.15) is 0 Å². The minimum atomic E-state index is 0. The summed E-state index contributed by atoms with van der Waals surface area (Å²) in [6.45, 7) is 4.43. The van der Waals surface area contributed by atoms with Crippen LogP contribution in [-0.4, -0.2) is 33.5 Å². The summed E-state index contributed by atoms with van der Waals surface area (Å²) in [5.41, 5.74) is 0. The van der Waals surface area contributed by atoms with Gasteiger partial charge in [0.2, 0.25) is 0 Å². The monoisotopic (exact) mass is 232 g/mol. The third kappa shape index (κ3) is 2.69. The Kier molecular flexibility index (Phi) is 4.48. The normalized spacial score (nSPS) is 8.00. The summed E-state index contributed by atoms with van der Waals surface area (Å²) < 4.78 is 1.95. The summed E-state index contributed by atoms with van der Waals surface area (Å²) in [7, 11) is 0. The molecule has 0 aliphatic rings. The van der Waals surface area contributed by atoms with Crippen molar-refractivity contribution in [2.24, 2.45) is 0 Å². The first kappa shape index (κ1) is 8.75. The predicted octanol–water partition coefficient (Wildman–Crippen LogP) is -0.383. The molecule has 9 heavy (non-hydrogen) atoms. The number of hydrogen-bond donors (Lipinski definition) is 0. The Morgan fingerprint density at radius 1 is 1.67 bits per heavy atom. The average Bonchev–Trinajstić information content (AvgIpc) is 2.19. The van der Waals surface area contributed by atoms with Crippen molar-refractivity contribution in [1.82, 2.24) is 9.55 Å². The summed E-state index contributed by atoms with van der Waals surface area (Å²) in [5.74, 6) is 0. The molecule has 3 heteroatoms. The van der Waals surface area contributed by atoms with Gasteiger partial charge in [-0.3, -0.25) is 0 Å². The Labute approximate surface area is 71.6 Å². The minimum absolute atomic E-state index is 0. The molecule has 0 amide bonds. The molecule has 0 aliphatic heterocycles. The van der Waals surface area contributed by atoms with E-state index in [1.165, 1.54) is 0 Å². The Morgan fingerprint density at radius 3 is 2.89 bits per heavy atom. The molecule has 0 spiro atoms. The Balaban J connectivity index is 0.000000640. The molecule has 0 unspecified atom stereocenters. The van der Waals surface area contributed by atoms with Crippen LogP contribution in [0.1, 0.15) is 0 Å². The van der Waals surface area contributed by atoms with Gasteiger partial charge in [0.1, 0.15) is 0 Å². The summed E-state index contributed by atoms with van der Waals surface area (Å²) in [4.78, 5) is 3.86. The predicted molar refractivity (Wildman–Crippen MR) is 43.8 cm³/mol. The van der Waals surface area contributed by atoms with Gasteiger partial charge in [0.15, 0.2) is 0 Å². The topological polar surface area (TPSA) is 17.8 Å². The number of rotatable bonds is 2. The molecule has 2 nitrogen and oxygen atoms in total. The van der Waals surface area contributed by atoms with Crippen molar-refractivity contribution < 1.29 is 0 Å². The first-order valence-electron chi connectivity index (χ1n) is 2.50. The van der Waals surface area contributed by atoms with Crippen molar-refractivity contribution in [3.8, 4) is 0 Å². The molecule has 0 aliphatic carbocycles. The molecule has 1 aromatic heterocycles. The van der Waals surface area contributed by atoms with Gasteiger partial charge in [-0.15, -0.1) is 6.58 Å². The van der Waals surface area contributed by atoms with E-state index < -0.39 is 0 Å². The van der Waals surface area contributed by atoms with E-state index in [-0.39, 0.29) is 23.9 Å².